The molecule has 0 fully saturated rings. The molecule has 2 aromatic heterocycles. The lowest BCUT2D eigenvalue weighted by atomic mass is 10.2. The topological polar surface area (TPSA) is 72.2 Å². The van der Waals surface area contributed by atoms with Gasteiger partial charge in [-0.2, -0.15) is 5.26 Å². The second-order valence-electron chi connectivity index (χ2n) is 3.85. The largest absolute Gasteiger partial charge is 0.459 e. The first-order valence-corrected chi connectivity index (χ1v) is 7.77. The Morgan fingerprint density at radius 3 is 3.00 bits per heavy atom. The molecule has 2 aromatic rings. The van der Waals surface area contributed by atoms with Crippen molar-refractivity contribution < 1.29 is 14.3 Å². The molecule has 21 heavy (non-hydrogen) atoms. The third-order valence-corrected chi connectivity index (χ3v) is 4.31. The number of hydrogen-bond acceptors (Lipinski definition) is 7. The van der Waals surface area contributed by atoms with Gasteiger partial charge in [0.2, 0.25) is 0 Å². The van der Waals surface area contributed by atoms with E-state index in [2.05, 4.69) is 4.98 Å². The summed E-state index contributed by atoms with van der Waals surface area (Å²) < 4.78 is 9.69. The van der Waals surface area contributed by atoms with Gasteiger partial charge >= 0.3 is 5.97 Å². The molecule has 0 bridgehead atoms. The molecule has 0 aromatic carbocycles. The highest BCUT2D eigenvalue weighted by Crippen LogP contribution is 2.28. The summed E-state index contributed by atoms with van der Waals surface area (Å²) in [6, 6.07) is 5.76. The van der Waals surface area contributed by atoms with Crippen molar-refractivity contribution in [3.63, 3.8) is 0 Å². The fourth-order valence-corrected chi connectivity index (χ4v) is 3.04. The third kappa shape index (κ3) is 4.23. The van der Waals surface area contributed by atoms with Gasteiger partial charge in [0.25, 0.3) is 0 Å². The molecule has 0 spiro atoms. The number of hydrogen-bond donors (Lipinski definition) is 0. The molecule has 0 unspecified atom stereocenters. The maximum atomic E-state index is 11.7. The van der Waals surface area contributed by atoms with Gasteiger partial charge < -0.3 is 9.47 Å². The van der Waals surface area contributed by atoms with Crippen LogP contribution in [0.2, 0.25) is 0 Å². The molecular weight excluding hydrogens is 308 g/mol. The summed E-state index contributed by atoms with van der Waals surface area (Å²) in [6.45, 7) is 0.412. The zero-order valence-electron chi connectivity index (χ0n) is 11.2. The average molecular weight is 320 g/mol. The summed E-state index contributed by atoms with van der Waals surface area (Å²) in [5.74, 6) is -0.666. The number of ether oxygens (including phenoxy) is 2. The highest BCUT2D eigenvalue weighted by molar-refractivity contribution is 7.20. The molecule has 5 nitrogen and oxygen atoms in total. The Bertz CT molecular complexity index is 669. The van der Waals surface area contributed by atoms with Gasteiger partial charge in [-0.25, -0.2) is 9.78 Å². The van der Waals surface area contributed by atoms with Gasteiger partial charge in [0.05, 0.1) is 17.2 Å². The van der Waals surface area contributed by atoms with Crippen LogP contribution in [0.5, 0.6) is 0 Å². The maximum absolute atomic E-state index is 11.7. The van der Waals surface area contributed by atoms with Crippen LogP contribution in [0.25, 0.3) is 16.0 Å². The van der Waals surface area contributed by atoms with Crippen molar-refractivity contribution in [1.29, 1.82) is 5.26 Å². The van der Waals surface area contributed by atoms with E-state index in [1.165, 1.54) is 24.5 Å². The summed E-state index contributed by atoms with van der Waals surface area (Å²) in [5.41, 5.74) is 0.498. The number of rotatable bonds is 6. The van der Waals surface area contributed by atoms with E-state index in [9.17, 15) is 4.79 Å². The van der Waals surface area contributed by atoms with Crippen molar-refractivity contribution in [3.05, 3.63) is 34.2 Å². The molecule has 0 atom stereocenters. The van der Waals surface area contributed by atoms with Crippen LogP contribution in [0.15, 0.2) is 28.5 Å². The number of methoxy groups -OCH3 is 1. The molecule has 2 heterocycles. The number of thiophene rings is 1. The summed E-state index contributed by atoms with van der Waals surface area (Å²) in [4.78, 5) is 17.1. The molecule has 2 rings (SSSR count). The Balaban J connectivity index is 2.10. The zero-order chi connectivity index (χ0) is 15.1. The summed E-state index contributed by atoms with van der Waals surface area (Å²) in [7, 11) is 1.51. The van der Waals surface area contributed by atoms with Crippen molar-refractivity contribution in [2.24, 2.45) is 0 Å². The third-order valence-electron chi connectivity index (χ3n) is 2.41. The molecule has 0 aliphatic rings. The molecule has 0 aliphatic carbocycles. The molecule has 0 amide bonds. The monoisotopic (exact) mass is 320 g/mol. The lowest BCUT2D eigenvalue weighted by Crippen LogP contribution is -2.11. The number of nitrogens with zero attached hydrogens (tertiary/aromatic N) is 2. The van der Waals surface area contributed by atoms with Gasteiger partial charge in [-0.05, 0) is 17.5 Å². The quantitative estimate of drug-likeness (QED) is 0.354. The number of carbonyl (C=O) groups is 1. The molecule has 0 radical (unpaired) electrons. The number of aromatic nitrogens is 1. The van der Waals surface area contributed by atoms with E-state index in [1.807, 2.05) is 23.6 Å². The summed E-state index contributed by atoms with van der Waals surface area (Å²) in [5, 5.41) is 13.7. The van der Waals surface area contributed by atoms with Crippen LogP contribution < -0.4 is 0 Å². The first-order chi connectivity index (χ1) is 10.2. The van der Waals surface area contributed by atoms with Crippen molar-refractivity contribution in [3.8, 4) is 16.0 Å². The Labute approximate surface area is 130 Å². The van der Waals surface area contributed by atoms with E-state index in [1.54, 1.807) is 16.7 Å². The van der Waals surface area contributed by atoms with Gasteiger partial charge in [0.1, 0.15) is 23.3 Å². The smallest absolute Gasteiger partial charge is 0.349 e. The standard InChI is InChI=1S/C14H12N2O3S2/c1-18-4-5-19-14(17)10(8-15)7-11-9-21-13(16-11)12-3-2-6-20-12/h2-3,6-7,9H,4-5H2,1H3/b10-7-. The predicted molar refractivity (Wildman–Crippen MR) is 81.9 cm³/mol. The van der Waals surface area contributed by atoms with Crippen LogP contribution in [0.3, 0.4) is 0 Å². The fraction of sp³-hybridized carbons (Fsp3) is 0.214. The first kappa shape index (κ1) is 15.4. The van der Waals surface area contributed by atoms with Crippen molar-refractivity contribution in [2.75, 3.05) is 20.3 Å². The van der Waals surface area contributed by atoms with Gasteiger partial charge in [0, 0.05) is 12.5 Å². The molecule has 7 heteroatoms. The van der Waals surface area contributed by atoms with E-state index in [0.29, 0.717) is 12.3 Å². The Morgan fingerprint density at radius 1 is 1.48 bits per heavy atom. The van der Waals surface area contributed by atoms with E-state index < -0.39 is 5.97 Å². The minimum absolute atomic E-state index is 0.0749. The minimum atomic E-state index is -0.666. The highest BCUT2D eigenvalue weighted by Gasteiger charge is 2.12. The van der Waals surface area contributed by atoms with Crippen LogP contribution >= 0.6 is 22.7 Å². The second-order valence-corrected chi connectivity index (χ2v) is 5.66. The fourth-order valence-electron chi connectivity index (χ4n) is 1.45. The summed E-state index contributed by atoms with van der Waals surface area (Å²) in [6.07, 6.45) is 1.43. The van der Waals surface area contributed by atoms with Gasteiger partial charge in [-0.3, -0.25) is 0 Å². The minimum Gasteiger partial charge on any atom is -0.459 e. The lowest BCUT2D eigenvalue weighted by molar-refractivity contribution is -0.139. The Morgan fingerprint density at radius 2 is 2.33 bits per heavy atom. The number of thiazole rings is 1. The number of carbonyl (C=O) groups excluding carboxylic acids is 1. The molecule has 108 valence electrons. The van der Waals surface area contributed by atoms with Crippen LogP contribution in [0.1, 0.15) is 5.69 Å². The van der Waals surface area contributed by atoms with E-state index in [0.717, 1.165) is 9.88 Å². The predicted octanol–water partition coefficient (Wildman–Crippen LogP) is 2.97. The maximum Gasteiger partial charge on any atom is 0.349 e. The number of nitriles is 1. The molecular formula is C14H12N2O3S2. The SMILES string of the molecule is COCCOC(=O)/C(C#N)=C\c1csc(-c2cccs2)n1. The molecule has 0 saturated carbocycles. The van der Waals surface area contributed by atoms with Gasteiger partial charge in [-0.15, -0.1) is 22.7 Å². The normalized spacial score (nSPS) is 11.1. The highest BCUT2D eigenvalue weighted by atomic mass is 32.1. The van der Waals surface area contributed by atoms with E-state index in [-0.39, 0.29) is 12.2 Å². The zero-order valence-corrected chi connectivity index (χ0v) is 12.9. The van der Waals surface area contributed by atoms with Crippen LogP contribution in [0, 0.1) is 11.3 Å². The Hall–Kier alpha value is -2.01. The van der Waals surface area contributed by atoms with Crippen LogP contribution in [0.4, 0.5) is 0 Å². The van der Waals surface area contributed by atoms with E-state index >= 15 is 0 Å². The van der Waals surface area contributed by atoms with Crippen molar-refractivity contribution in [2.45, 2.75) is 0 Å². The Kier molecular flexibility index (Phi) is 5.63. The van der Waals surface area contributed by atoms with Crippen molar-refractivity contribution in [1.82, 2.24) is 4.98 Å². The van der Waals surface area contributed by atoms with Crippen molar-refractivity contribution >= 4 is 34.7 Å². The first-order valence-electron chi connectivity index (χ1n) is 6.02. The number of esters is 1. The second kappa shape index (κ2) is 7.69. The summed E-state index contributed by atoms with van der Waals surface area (Å²) >= 11 is 3.06. The average Bonchev–Trinajstić information content (AvgIpc) is 3.15. The lowest BCUT2D eigenvalue weighted by Gasteiger charge is -2.01. The molecule has 0 aliphatic heterocycles. The van der Waals surface area contributed by atoms with Crippen LogP contribution in [-0.2, 0) is 14.3 Å². The molecule has 0 saturated heterocycles. The van der Waals surface area contributed by atoms with Gasteiger partial charge in [-0.1, -0.05) is 6.07 Å². The van der Waals surface area contributed by atoms with Crippen LogP contribution in [-0.4, -0.2) is 31.3 Å². The van der Waals surface area contributed by atoms with Gasteiger partial charge in [0.15, 0.2) is 0 Å². The molecule has 0 N–H and O–H groups in total. The van der Waals surface area contributed by atoms with E-state index in [4.69, 9.17) is 14.7 Å².